The third-order valence-electron chi connectivity index (χ3n) is 4.50. The summed E-state index contributed by atoms with van der Waals surface area (Å²) in [5, 5.41) is 0.356. The van der Waals surface area contributed by atoms with Crippen LogP contribution in [0.25, 0.3) is 0 Å². The maximum Gasteiger partial charge on any atom is 0.255 e. The van der Waals surface area contributed by atoms with Crippen molar-refractivity contribution in [3.63, 3.8) is 0 Å². The standard InChI is InChI=1S/C19H20ClNO4S/c1-25-16-6-4-5-14(11-16)12-21(15-9-10-26(23,24)13-15)19(22)17-7-2-3-8-18(17)20/h2-8,11,15H,9-10,12-13H2,1H3/t15-/m0/s1. The van der Waals surface area contributed by atoms with Gasteiger partial charge in [0.15, 0.2) is 9.84 Å². The first-order valence-corrected chi connectivity index (χ1v) is 10.5. The molecule has 0 radical (unpaired) electrons. The van der Waals surface area contributed by atoms with Gasteiger partial charge in [0, 0.05) is 12.6 Å². The molecule has 0 unspecified atom stereocenters. The lowest BCUT2D eigenvalue weighted by Gasteiger charge is -2.29. The molecular weight excluding hydrogens is 374 g/mol. The zero-order valence-electron chi connectivity index (χ0n) is 14.4. The molecule has 5 nitrogen and oxygen atoms in total. The molecule has 0 N–H and O–H groups in total. The minimum absolute atomic E-state index is 0.0207. The maximum atomic E-state index is 13.1. The van der Waals surface area contributed by atoms with Crippen molar-refractivity contribution >= 4 is 27.3 Å². The largest absolute Gasteiger partial charge is 0.497 e. The van der Waals surface area contributed by atoms with Crippen molar-refractivity contribution in [3.05, 3.63) is 64.7 Å². The van der Waals surface area contributed by atoms with E-state index >= 15 is 0 Å². The van der Waals surface area contributed by atoms with Crippen molar-refractivity contribution in [1.29, 1.82) is 0 Å². The zero-order valence-corrected chi connectivity index (χ0v) is 16.0. The van der Waals surface area contributed by atoms with Gasteiger partial charge in [-0.3, -0.25) is 4.79 Å². The zero-order chi connectivity index (χ0) is 18.7. The van der Waals surface area contributed by atoms with Gasteiger partial charge in [-0.25, -0.2) is 8.42 Å². The van der Waals surface area contributed by atoms with Gasteiger partial charge < -0.3 is 9.64 Å². The van der Waals surface area contributed by atoms with Crippen molar-refractivity contribution in [1.82, 2.24) is 4.90 Å². The van der Waals surface area contributed by atoms with E-state index in [0.717, 1.165) is 5.56 Å². The molecule has 1 amide bonds. The molecule has 0 aromatic heterocycles. The van der Waals surface area contributed by atoms with Crippen LogP contribution >= 0.6 is 11.6 Å². The molecule has 2 aromatic rings. The highest BCUT2D eigenvalue weighted by atomic mass is 35.5. The number of halogens is 1. The molecule has 3 rings (SSSR count). The first-order chi connectivity index (χ1) is 12.4. The van der Waals surface area contributed by atoms with Crippen LogP contribution in [-0.2, 0) is 16.4 Å². The third-order valence-corrected chi connectivity index (χ3v) is 6.58. The highest BCUT2D eigenvalue weighted by Gasteiger charge is 2.35. The summed E-state index contributed by atoms with van der Waals surface area (Å²) < 4.78 is 29.1. The highest BCUT2D eigenvalue weighted by Crippen LogP contribution is 2.26. The predicted molar refractivity (Wildman–Crippen MR) is 101 cm³/mol. The number of benzene rings is 2. The Morgan fingerprint density at radius 2 is 2.00 bits per heavy atom. The Hall–Kier alpha value is -2.05. The van der Waals surface area contributed by atoms with Crippen LogP contribution in [0, 0.1) is 0 Å². The SMILES string of the molecule is COc1cccc(CN(C(=O)c2ccccc2Cl)[C@H]2CCS(=O)(=O)C2)c1. The Morgan fingerprint density at radius 3 is 2.65 bits per heavy atom. The van der Waals surface area contributed by atoms with E-state index in [1.54, 1.807) is 36.3 Å². The fourth-order valence-corrected chi connectivity index (χ4v) is 5.09. The van der Waals surface area contributed by atoms with Gasteiger partial charge in [0.05, 0.1) is 29.2 Å². The van der Waals surface area contributed by atoms with E-state index < -0.39 is 9.84 Å². The molecule has 1 saturated heterocycles. The van der Waals surface area contributed by atoms with E-state index in [1.165, 1.54) is 0 Å². The second-order valence-electron chi connectivity index (χ2n) is 6.32. The van der Waals surface area contributed by atoms with E-state index in [9.17, 15) is 13.2 Å². The van der Waals surface area contributed by atoms with Gasteiger partial charge in [-0.2, -0.15) is 0 Å². The van der Waals surface area contributed by atoms with Crippen molar-refractivity contribution in [2.45, 2.75) is 19.0 Å². The fraction of sp³-hybridized carbons (Fsp3) is 0.316. The van der Waals surface area contributed by atoms with Crippen LogP contribution in [0.3, 0.4) is 0 Å². The van der Waals surface area contributed by atoms with Crippen molar-refractivity contribution in [3.8, 4) is 5.75 Å². The van der Waals surface area contributed by atoms with Gasteiger partial charge in [0.1, 0.15) is 5.75 Å². The van der Waals surface area contributed by atoms with Crippen molar-refractivity contribution < 1.29 is 17.9 Å². The molecule has 1 aliphatic heterocycles. The molecular formula is C19H20ClNO4S. The smallest absolute Gasteiger partial charge is 0.255 e. The number of amides is 1. The second kappa shape index (κ2) is 7.68. The molecule has 1 aliphatic rings. The van der Waals surface area contributed by atoms with Crippen molar-refractivity contribution in [2.24, 2.45) is 0 Å². The molecule has 1 atom stereocenters. The van der Waals surface area contributed by atoms with E-state index in [-0.39, 0.29) is 23.5 Å². The number of sulfone groups is 1. The number of methoxy groups -OCH3 is 1. The molecule has 0 saturated carbocycles. The van der Waals surface area contributed by atoms with E-state index in [2.05, 4.69) is 0 Å². The molecule has 0 spiro atoms. The van der Waals surface area contributed by atoms with Crippen LogP contribution in [0.4, 0.5) is 0 Å². The highest BCUT2D eigenvalue weighted by molar-refractivity contribution is 7.91. The fourth-order valence-electron chi connectivity index (χ4n) is 3.14. The van der Waals surface area contributed by atoms with E-state index in [4.69, 9.17) is 16.3 Å². The Bertz CT molecular complexity index is 913. The minimum atomic E-state index is -3.12. The van der Waals surface area contributed by atoms with Crippen LogP contribution in [0.1, 0.15) is 22.3 Å². The van der Waals surface area contributed by atoms with Gasteiger partial charge in [-0.15, -0.1) is 0 Å². The lowest BCUT2D eigenvalue weighted by Crippen LogP contribution is -2.40. The first-order valence-electron chi connectivity index (χ1n) is 8.28. The average molecular weight is 394 g/mol. The summed E-state index contributed by atoms with van der Waals surface area (Å²) in [6, 6.07) is 13.8. The number of carbonyl (C=O) groups excluding carboxylic acids is 1. The van der Waals surface area contributed by atoms with Crippen molar-refractivity contribution in [2.75, 3.05) is 18.6 Å². The van der Waals surface area contributed by atoms with Crippen LogP contribution in [0.5, 0.6) is 5.75 Å². The van der Waals surface area contributed by atoms with Gasteiger partial charge in [-0.1, -0.05) is 35.9 Å². The third kappa shape index (κ3) is 4.19. The van der Waals surface area contributed by atoms with E-state index in [0.29, 0.717) is 29.3 Å². The molecule has 0 aliphatic carbocycles. The predicted octanol–water partition coefficient (Wildman–Crippen LogP) is 3.18. The number of hydrogen-bond acceptors (Lipinski definition) is 4. The van der Waals surface area contributed by atoms with Crippen LogP contribution < -0.4 is 4.74 Å². The summed E-state index contributed by atoms with van der Waals surface area (Å²) in [6.07, 6.45) is 0.433. The topological polar surface area (TPSA) is 63.7 Å². The summed E-state index contributed by atoms with van der Waals surface area (Å²) in [4.78, 5) is 14.7. The van der Waals surface area contributed by atoms with Crippen LogP contribution in [0.15, 0.2) is 48.5 Å². The number of nitrogens with zero attached hydrogens (tertiary/aromatic N) is 1. The number of ether oxygens (including phenoxy) is 1. The van der Waals surface area contributed by atoms with Gasteiger partial charge in [0.2, 0.25) is 0 Å². The Labute approximate surface area is 158 Å². The summed E-state index contributed by atoms with van der Waals surface area (Å²) >= 11 is 6.19. The summed E-state index contributed by atoms with van der Waals surface area (Å²) in [6.45, 7) is 0.293. The maximum absolute atomic E-state index is 13.1. The lowest BCUT2D eigenvalue weighted by atomic mass is 10.1. The monoisotopic (exact) mass is 393 g/mol. The molecule has 0 bridgehead atoms. The molecule has 1 fully saturated rings. The summed E-state index contributed by atoms with van der Waals surface area (Å²) in [5.41, 5.74) is 1.25. The molecule has 138 valence electrons. The summed E-state index contributed by atoms with van der Waals surface area (Å²) in [7, 11) is -1.54. The molecule has 26 heavy (non-hydrogen) atoms. The quantitative estimate of drug-likeness (QED) is 0.782. The van der Waals surface area contributed by atoms with Gasteiger partial charge in [0.25, 0.3) is 5.91 Å². The Kier molecular flexibility index (Phi) is 5.53. The molecule has 2 aromatic carbocycles. The van der Waals surface area contributed by atoms with Gasteiger partial charge in [-0.05, 0) is 36.2 Å². The summed E-state index contributed by atoms with van der Waals surface area (Å²) in [5.74, 6) is 0.502. The lowest BCUT2D eigenvalue weighted by molar-refractivity contribution is 0.0681. The normalized spacial score (nSPS) is 18.5. The average Bonchev–Trinajstić information content (AvgIpc) is 2.99. The van der Waals surface area contributed by atoms with Gasteiger partial charge >= 0.3 is 0 Å². The Balaban J connectivity index is 1.94. The van der Waals surface area contributed by atoms with E-state index in [1.807, 2.05) is 24.3 Å². The molecule has 1 heterocycles. The number of hydrogen-bond donors (Lipinski definition) is 0. The van der Waals surface area contributed by atoms with Crippen LogP contribution in [-0.4, -0.2) is 43.9 Å². The number of carbonyl (C=O) groups is 1. The first kappa shape index (κ1) is 18.7. The second-order valence-corrected chi connectivity index (χ2v) is 8.96. The number of rotatable bonds is 5. The minimum Gasteiger partial charge on any atom is -0.497 e. The Morgan fingerprint density at radius 1 is 1.23 bits per heavy atom. The van der Waals surface area contributed by atoms with Crippen LogP contribution in [0.2, 0.25) is 5.02 Å². The molecule has 7 heteroatoms.